The van der Waals surface area contributed by atoms with Crippen molar-refractivity contribution in [3.05, 3.63) is 88.7 Å². The third-order valence-electron chi connectivity index (χ3n) is 7.65. The molecule has 0 saturated carbocycles. The first-order valence-electron chi connectivity index (χ1n) is 12.6. The highest BCUT2D eigenvalue weighted by Gasteiger charge is 2.29. The topological polar surface area (TPSA) is 48.5 Å². The van der Waals surface area contributed by atoms with Gasteiger partial charge >= 0.3 is 6.03 Å². The standard InChI is InChI=1S/C30H29BrN4O/c1-34-15-10-21(11-16-34)26-19-29-22(18-27(26)31)12-17-35(29)30(36)33-28-7-6-23(20-8-13-32-14-9-20)24-4-2-3-5-25(24)28/h2-9,13-14,18-19,21H,10-12,15-17H2,1H3,(H,33,36). The Kier molecular flexibility index (Phi) is 6.23. The summed E-state index contributed by atoms with van der Waals surface area (Å²) < 4.78 is 1.18. The predicted octanol–water partition coefficient (Wildman–Crippen LogP) is 7.07. The number of fused-ring (bicyclic) bond motifs is 2. The van der Waals surface area contributed by atoms with Crippen molar-refractivity contribution < 1.29 is 4.79 Å². The zero-order valence-electron chi connectivity index (χ0n) is 20.4. The second kappa shape index (κ2) is 9.68. The average molecular weight is 541 g/mol. The number of aromatic nitrogens is 1. The zero-order valence-corrected chi connectivity index (χ0v) is 22.0. The molecule has 0 bridgehead atoms. The lowest BCUT2D eigenvalue weighted by atomic mass is 9.88. The molecule has 3 heterocycles. The van der Waals surface area contributed by atoms with Gasteiger partial charge in [0.05, 0.1) is 5.69 Å². The first-order valence-corrected chi connectivity index (χ1v) is 13.4. The molecule has 6 heteroatoms. The number of piperidine rings is 1. The molecule has 4 aromatic rings. The minimum Gasteiger partial charge on any atom is -0.307 e. The molecule has 0 spiro atoms. The van der Waals surface area contributed by atoms with E-state index < -0.39 is 0 Å². The first kappa shape index (κ1) is 23.2. The highest BCUT2D eigenvalue weighted by Crippen LogP contribution is 2.40. The van der Waals surface area contributed by atoms with Crippen LogP contribution in [-0.4, -0.2) is 42.6 Å². The maximum atomic E-state index is 13.6. The molecule has 2 aliphatic rings. The van der Waals surface area contributed by atoms with Crippen molar-refractivity contribution in [2.45, 2.75) is 25.2 Å². The number of benzene rings is 3. The third kappa shape index (κ3) is 4.29. The SMILES string of the molecule is CN1CCC(c2cc3c(cc2Br)CCN3C(=O)Nc2ccc(-c3ccncc3)c3ccccc23)CC1. The smallest absolute Gasteiger partial charge is 0.307 e. The maximum Gasteiger partial charge on any atom is 0.326 e. The van der Waals surface area contributed by atoms with E-state index >= 15 is 0 Å². The molecule has 5 nitrogen and oxygen atoms in total. The number of halogens is 1. The van der Waals surface area contributed by atoms with Crippen molar-refractivity contribution in [3.8, 4) is 11.1 Å². The Bertz CT molecular complexity index is 1430. The summed E-state index contributed by atoms with van der Waals surface area (Å²) in [4.78, 5) is 22.0. The average Bonchev–Trinajstić information content (AvgIpc) is 3.32. The monoisotopic (exact) mass is 540 g/mol. The van der Waals surface area contributed by atoms with E-state index in [2.05, 4.69) is 68.5 Å². The predicted molar refractivity (Wildman–Crippen MR) is 151 cm³/mol. The van der Waals surface area contributed by atoms with Gasteiger partial charge < -0.3 is 10.2 Å². The summed E-state index contributed by atoms with van der Waals surface area (Å²) in [7, 11) is 2.19. The number of rotatable bonds is 3. The number of amides is 2. The van der Waals surface area contributed by atoms with Crippen molar-refractivity contribution in [1.82, 2.24) is 9.88 Å². The van der Waals surface area contributed by atoms with E-state index in [-0.39, 0.29) is 6.03 Å². The Balaban J connectivity index is 1.30. The van der Waals surface area contributed by atoms with Gasteiger partial charge in [-0.15, -0.1) is 0 Å². The molecular weight excluding hydrogens is 512 g/mol. The van der Waals surface area contributed by atoms with Crippen LogP contribution < -0.4 is 10.2 Å². The molecular formula is C30H29BrN4O. The van der Waals surface area contributed by atoms with Crippen LogP contribution in [0.1, 0.15) is 29.9 Å². The fourth-order valence-electron chi connectivity index (χ4n) is 5.64. The van der Waals surface area contributed by atoms with Gasteiger partial charge in [-0.25, -0.2) is 4.79 Å². The number of urea groups is 1. The molecule has 182 valence electrons. The summed E-state index contributed by atoms with van der Waals surface area (Å²) in [6, 6.07) is 20.8. The van der Waals surface area contributed by atoms with Crippen LogP contribution in [0.15, 0.2) is 77.5 Å². The van der Waals surface area contributed by atoms with Crippen molar-refractivity contribution >= 4 is 44.1 Å². The molecule has 1 aromatic heterocycles. The molecule has 1 fully saturated rings. The van der Waals surface area contributed by atoms with Crippen LogP contribution >= 0.6 is 15.9 Å². The first-order chi connectivity index (χ1) is 17.6. The van der Waals surface area contributed by atoms with E-state index in [1.807, 2.05) is 47.6 Å². The molecule has 2 amide bonds. The number of anilines is 2. The molecule has 0 radical (unpaired) electrons. The Morgan fingerprint density at radius 3 is 2.50 bits per heavy atom. The number of carbonyl (C=O) groups is 1. The van der Waals surface area contributed by atoms with Gasteiger partial charge in [0.1, 0.15) is 0 Å². The van der Waals surface area contributed by atoms with E-state index in [9.17, 15) is 4.79 Å². The van der Waals surface area contributed by atoms with Crippen molar-refractivity contribution in [1.29, 1.82) is 0 Å². The van der Waals surface area contributed by atoms with E-state index in [4.69, 9.17) is 0 Å². The molecule has 0 unspecified atom stereocenters. The molecule has 0 aliphatic carbocycles. The van der Waals surface area contributed by atoms with Crippen LogP contribution in [0.4, 0.5) is 16.2 Å². The zero-order chi connectivity index (χ0) is 24.6. The highest BCUT2D eigenvalue weighted by atomic mass is 79.9. The molecule has 36 heavy (non-hydrogen) atoms. The van der Waals surface area contributed by atoms with Crippen LogP contribution in [0, 0.1) is 0 Å². The Morgan fingerprint density at radius 2 is 1.72 bits per heavy atom. The van der Waals surface area contributed by atoms with Crippen LogP contribution in [0.25, 0.3) is 21.9 Å². The molecule has 1 N–H and O–H groups in total. The van der Waals surface area contributed by atoms with Gasteiger partial charge in [-0.3, -0.25) is 9.88 Å². The summed E-state index contributed by atoms with van der Waals surface area (Å²) >= 11 is 3.83. The largest absolute Gasteiger partial charge is 0.326 e. The van der Waals surface area contributed by atoms with Gasteiger partial charge in [-0.2, -0.15) is 0 Å². The highest BCUT2D eigenvalue weighted by molar-refractivity contribution is 9.10. The van der Waals surface area contributed by atoms with Crippen LogP contribution in [0.2, 0.25) is 0 Å². The lowest BCUT2D eigenvalue weighted by Gasteiger charge is -2.30. The van der Waals surface area contributed by atoms with Crippen LogP contribution in [0.3, 0.4) is 0 Å². The lowest BCUT2D eigenvalue weighted by molar-refractivity contribution is 0.255. The van der Waals surface area contributed by atoms with E-state index in [0.717, 1.165) is 65.6 Å². The summed E-state index contributed by atoms with van der Waals surface area (Å²) in [5, 5.41) is 5.36. The fraction of sp³-hybridized carbons (Fsp3) is 0.267. The second-order valence-corrected chi connectivity index (χ2v) is 10.7. The van der Waals surface area contributed by atoms with Gasteiger partial charge in [0.25, 0.3) is 0 Å². The van der Waals surface area contributed by atoms with Gasteiger partial charge in [0.2, 0.25) is 0 Å². The number of hydrogen-bond acceptors (Lipinski definition) is 3. The van der Waals surface area contributed by atoms with Crippen LogP contribution in [0.5, 0.6) is 0 Å². The summed E-state index contributed by atoms with van der Waals surface area (Å²) in [5.74, 6) is 0.524. The summed E-state index contributed by atoms with van der Waals surface area (Å²) in [6.45, 7) is 2.92. The molecule has 0 atom stereocenters. The van der Waals surface area contributed by atoms with Crippen LogP contribution in [-0.2, 0) is 6.42 Å². The van der Waals surface area contributed by atoms with E-state index in [0.29, 0.717) is 12.5 Å². The molecule has 1 saturated heterocycles. The minimum absolute atomic E-state index is 0.0767. The van der Waals surface area contributed by atoms with Gasteiger partial charge in [-0.1, -0.05) is 46.3 Å². The lowest BCUT2D eigenvalue weighted by Crippen LogP contribution is -2.33. The minimum atomic E-state index is -0.0767. The second-order valence-electron chi connectivity index (χ2n) is 9.85. The number of carbonyl (C=O) groups excluding carboxylic acids is 1. The van der Waals surface area contributed by atoms with E-state index in [1.54, 1.807) is 0 Å². The molecule has 3 aromatic carbocycles. The van der Waals surface area contributed by atoms with Crippen molar-refractivity contribution in [2.75, 3.05) is 36.9 Å². The van der Waals surface area contributed by atoms with Crippen molar-refractivity contribution in [3.63, 3.8) is 0 Å². The Labute approximate surface area is 220 Å². The number of hydrogen-bond donors (Lipinski definition) is 1. The Hall–Kier alpha value is -3.22. The van der Waals surface area contributed by atoms with Gasteiger partial charge in [0.15, 0.2) is 0 Å². The fourth-order valence-corrected chi connectivity index (χ4v) is 6.36. The van der Waals surface area contributed by atoms with Gasteiger partial charge in [-0.05, 0) is 103 Å². The summed E-state index contributed by atoms with van der Waals surface area (Å²) in [6.07, 6.45) is 6.79. The number of nitrogens with one attached hydrogen (secondary N) is 1. The quantitative estimate of drug-likeness (QED) is 0.302. The number of nitrogens with zero attached hydrogens (tertiary/aromatic N) is 3. The summed E-state index contributed by atoms with van der Waals surface area (Å²) in [5.41, 5.74) is 6.67. The Morgan fingerprint density at radius 1 is 0.972 bits per heavy atom. The third-order valence-corrected chi connectivity index (χ3v) is 8.34. The normalized spacial score (nSPS) is 16.3. The maximum absolute atomic E-state index is 13.6. The number of likely N-dealkylation sites (tertiary alicyclic amines) is 1. The van der Waals surface area contributed by atoms with Crippen molar-refractivity contribution in [2.24, 2.45) is 0 Å². The van der Waals surface area contributed by atoms with Gasteiger partial charge in [0, 0.05) is 34.5 Å². The molecule has 2 aliphatic heterocycles. The molecule has 6 rings (SSSR count). The number of pyridine rings is 1. The van der Waals surface area contributed by atoms with E-state index in [1.165, 1.54) is 15.6 Å².